The molecule has 0 spiro atoms. The standard InChI is InChI=1S/C18H17N5/c1-22-7-9-23(10-8-22)18-17-14(3-2-6-20-17)15-11-13(12-19)4-5-16(15)21-18/h2-6,11H,7-10H2,1H3. The van der Waals surface area contributed by atoms with Gasteiger partial charge in [0.15, 0.2) is 5.82 Å². The summed E-state index contributed by atoms with van der Waals surface area (Å²) in [5, 5.41) is 11.2. The Morgan fingerprint density at radius 1 is 1.09 bits per heavy atom. The molecule has 1 fully saturated rings. The van der Waals surface area contributed by atoms with Gasteiger partial charge in [-0.3, -0.25) is 4.98 Å². The number of nitrogens with zero attached hydrogens (tertiary/aromatic N) is 5. The Morgan fingerprint density at radius 3 is 2.70 bits per heavy atom. The lowest BCUT2D eigenvalue weighted by molar-refractivity contribution is 0.312. The van der Waals surface area contributed by atoms with Crippen LogP contribution in [-0.2, 0) is 0 Å². The highest BCUT2D eigenvalue weighted by Crippen LogP contribution is 2.30. The summed E-state index contributed by atoms with van der Waals surface area (Å²) in [7, 11) is 2.14. The van der Waals surface area contributed by atoms with Crippen molar-refractivity contribution in [1.82, 2.24) is 14.9 Å². The quantitative estimate of drug-likeness (QED) is 0.646. The van der Waals surface area contributed by atoms with Crippen LogP contribution in [0.1, 0.15) is 5.56 Å². The molecule has 5 heteroatoms. The molecular weight excluding hydrogens is 286 g/mol. The van der Waals surface area contributed by atoms with E-state index < -0.39 is 0 Å². The van der Waals surface area contributed by atoms with Crippen LogP contribution in [0.2, 0.25) is 0 Å². The zero-order chi connectivity index (χ0) is 15.8. The molecule has 0 N–H and O–H groups in total. The van der Waals surface area contributed by atoms with Crippen molar-refractivity contribution in [2.45, 2.75) is 0 Å². The van der Waals surface area contributed by atoms with Crippen molar-refractivity contribution in [2.75, 3.05) is 38.1 Å². The first-order valence-corrected chi connectivity index (χ1v) is 7.78. The van der Waals surface area contributed by atoms with Gasteiger partial charge < -0.3 is 9.80 Å². The molecule has 1 saturated heterocycles. The first kappa shape index (κ1) is 13.9. The van der Waals surface area contributed by atoms with E-state index in [9.17, 15) is 0 Å². The second kappa shape index (κ2) is 5.49. The Labute approximate surface area is 134 Å². The predicted octanol–water partition coefficient (Wildman–Crippen LogP) is 2.41. The predicted molar refractivity (Wildman–Crippen MR) is 91.5 cm³/mol. The van der Waals surface area contributed by atoms with Crippen LogP contribution in [0.5, 0.6) is 0 Å². The van der Waals surface area contributed by atoms with Crippen LogP contribution in [0.3, 0.4) is 0 Å². The Kier molecular flexibility index (Phi) is 3.32. The first-order chi connectivity index (χ1) is 11.3. The van der Waals surface area contributed by atoms with E-state index in [1.54, 1.807) is 0 Å². The molecule has 0 radical (unpaired) electrons. The van der Waals surface area contributed by atoms with Crippen LogP contribution >= 0.6 is 0 Å². The Morgan fingerprint density at radius 2 is 1.91 bits per heavy atom. The van der Waals surface area contributed by atoms with Crippen LogP contribution in [0.4, 0.5) is 5.82 Å². The number of piperazine rings is 1. The highest BCUT2D eigenvalue weighted by molar-refractivity contribution is 6.08. The van der Waals surface area contributed by atoms with E-state index in [2.05, 4.69) is 34.0 Å². The number of likely N-dealkylation sites (N-methyl/N-ethyl adjacent to an activating group) is 1. The molecule has 4 rings (SSSR count). The lowest BCUT2D eigenvalue weighted by Gasteiger charge is -2.33. The largest absolute Gasteiger partial charge is 0.352 e. The van der Waals surface area contributed by atoms with Crippen molar-refractivity contribution in [3.8, 4) is 6.07 Å². The lowest BCUT2D eigenvalue weighted by atomic mass is 10.1. The number of anilines is 1. The third-order valence-corrected chi connectivity index (χ3v) is 4.46. The summed E-state index contributed by atoms with van der Waals surface area (Å²) >= 11 is 0. The summed E-state index contributed by atoms with van der Waals surface area (Å²) in [5.74, 6) is 0.950. The number of nitriles is 1. The van der Waals surface area contributed by atoms with Gasteiger partial charge in [-0.25, -0.2) is 4.98 Å². The van der Waals surface area contributed by atoms with Crippen molar-refractivity contribution in [3.05, 3.63) is 42.1 Å². The summed E-state index contributed by atoms with van der Waals surface area (Å²) in [6.45, 7) is 3.97. The van der Waals surface area contributed by atoms with Gasteiger partial charge in [-0.1, -0.05) is 6.07 Å². The van der Waals surface area contributed by atoms with Crippen LogP contribution in [-0.4, -0.2) is 48.1 Å². The van der Waals surface area contributed by atoms with E-state index >= 15 is 0 Å². The molecule has 1 aromatic carbocycles. The van der Waals surface area contributed by atoms with E-state index in [-0.39, 0.29) is 0 Å². The Hall–Kier alpha value is -2.71. The SMILES string of the molecule is CN1CCN(c2nc3ccc(C#N)cc3c3cccnc23)CC1. The van der Waals surface area contributed by atoms with Crippen LogP contribution in [0, 0.1) is 11.3 Å². The van der Waals surface area contributed by atoms with E-state index in [0.29, 0.717) is 5.56 Å². The van der Waals surface area contributed by atoms with E-state index in [0.717, 1.165) is 53.8 Å². The van der Waals surface area contributed by atoms with E-state index in [1.165, 1.54) is 0 Å². The molecule has 3 heterocycles. The molecule has 0 aliphatic carbocycles. The third kappa shape index (κ3) is 2.37. The molecule has 2 aromatic heterocycles. The molecule has 0 bridgehead atoms. The highest BCUT2D eigenvalue weighted by Gasteiger charge is 2.19. The van der Waals surface area contributed by atoms with Gasteiger partial charge in [0, 0.05) is 43.1 Å². The number of aromatic nitrogens is 2. The second-order valence-electron chi connectivity index (χ2n) is 5.97. The molecule has 3 aromatic rings. The molecule has 0 amide bonds. The molecule has 1 aliphatic heterocycles. The number of benzene rings is 1. The number of hydrogen-bond donors (Lipinski definition) is 0. The molecule has 0 atom stereocenters. The molecule has 0 unspecified atom stereocenters. The average molecular weight is 303 g/mol. The van der Waals surface area contributed by atoms with Gasteiger partial charge in [-0.2, -0.15) is 5.26 Å². The normalized spacial score (nSPS) is 15.9. The van der Waals surface area contributed by atoms with Gasteiger partial charge in [0.25, 0.3) is 0 Å². The molecule has 114 valence electrons. The topological polar surface area (TPSA) is 56.0 Å². The maximum absolute atomic E-state index is 9.15. The minimum Gasteiger partial charge on any atom is -0.352 e. The van der Waals surface area contributed by atoms with Gasteiger partial charge >= 0.3 is 0 Å². The summed E-state index contributed by atoms with van der Waals surface area (Å²) in [4.78, 5) is 14.1. The van der Waals surface area contributed by atoms with Crippen molar-refractivity contribution in [1.29, 1.82) is 5.26 Å². The van der Waals surface area contributed by atoms with Gasteiger partial charge in [0.05, 0.1) is 17.1 Å². The minimum atomic E-state index is 0.650. The van der Waals surface area contributed by atoms with Crippen LogP contribution in [0.15, 0.2) is 36.5 Å². The van der Waals surface area contributed by atoms with E-state index in [1.807, 2.05) is 30.5 Å². The van der Waals surface area contributed by atoms with Gasteiger partial charge in [0.2, 0.25) is 0 Å². The monoisotopic (exact) mass is 303 g/mol. The molecule has 23 heavy (non-hydrogen) atoms. The van der Waals surface area contributed by atoms with Crippen molar-refractivity contribution in [2.24, 2.45) is 0 Å². The number of rotatable bonds is 1. The maximum Gasteiger partial charge on any atom is 0.155 e. The Balaban J connectivity index is 1.95. The van der Waals surface area contributed by atoms with Gasteiger partial charge in [-0.05, 0) is 31.3 Å². The zero-order valence-electron chi connectivity index (χ0n) is 13.0. The maximum atomic E-state index is 9.15. The lowest BCUT2D eigenvalue weighted by Crippen LogP contribution is -2.45. The Bertz CT molecular complexity index is 920. The van der Waals surface area contributed by atoms with E-state index in [4.69, 9.17) is 10.2 Å². The van der Waals surface area contributed by atoms with Gasteiger partial charge in [-0.15, -0.1) is 0 Å². The summed E-state index contributed by atoms with van der Waals surface area (Å²) in [6.07, 6.45) is 1.81. The van der Waals surface area contributed by atoms with Gasteiger partial charge in [0.1, 0.15) is 5.52 Å². The summed E-state index contributed by atoms with van der Waals surface area (Å²) in [5.41, 5.74) is 2.48. The summed E-state index contributed by atoms with van der Waals surface area (Å²) < 4.78 is 0. The second-order valence-corrected chi connectivity index (χ2v) is 5.97. The molecule has 0 saturated carbocycles. The number of pyridine rings is 2. The third-order valence-electron chi connectivity index (χ3n) is 4.46. The first-order valence-electron chi connectivity index (χ1n) is 7.78. The fourth-order valence-electron chi connectivity index (χ4n) is 3.13. The number of hydrogen-bond acceptors (Lipinski definition) is 5. The number of fused-ring (bicyclic) bond motifs is 3. The van der Waals surface area contributed by atoms with Crippen molar-refractivity contribution >= 4 is 27.6 Å². The molecule has 5 nitrogen and oxygen atoms in total. The van der Waals surface area contributed by atoms with Crippen LogP contribution < -0.4 is 4.90 Å². The highest BCUT2D eigenvalue weighted by atomic mass is 15.3. The smallest absolute Gasteiger partial charge is 0.155 e. The summed E-state index contributed by atoms with van der Waals surface area (Å²) in [6, 6.07) is 11.9. The molecule has 1 aliphatic rings. The van der Waals surface area contributed by atoms with Crippen LogP contribution in [0.25, 0.3) is 21.8 Å². The van der Waals surface area contributed by atoms with Crippen molar-refractivity contribution < 1.29 is 0 Å². The molecular formula is C18H17N5. The minimum absolute atomic E-state index is 0.650. The van der Waals surface area contributed by atoms with Crippen molar-refractivity contribution in [3.63, 3.8) is 0 Å². The fourth-order valence-corrected chi connectivity index (χ4v) is 3.13. The average Bonchev–Trinajstić information content (AvgIpc) is 2.61. The zero-order valence-corrected chi connectivity index (χ0v) is 13.0. The fraction of sp³-hybridized carbons (Fsp3) is 0.278.